The van der Waals surface area contributed by atoms with Crippen LogP contribution in [0.1, 0.15) is 30.9 Å². The summed E-state index contributed by atoms with van der Waals surface area (Å²) in [6, 6.07) is 5.55. The summed E-state index contributed by atoms with van der Waals surface area (Å²) in [5, 5.41) is 16.0. The molecular weight excluding hydrogens is 406 g/mol. The van der Waals surface area contributed by atoms with Crippen LogP contribution in [0.5, 0.6) is 0 Å². The zero-order valence-corrected chi connectivity index (χ0v) is 16.5. The molecule has 11 heteroatoms. The number of carbonyl (C=O) groups excluding carboxylic acids is 1. The highest BCUT2D eigenvalue weighted by atomic mass is 19.3. The highest BCUT2D eigenvalue weighted by Crippen LogP contribution is 2.27. The lowest BCUT2D eigenvalue weighted by Gasteiger charge is -2.16. The van der Waals surface area contributed by atoms with Crippen molar-refractivity contribution >= 4 is 16.9 Å². The van der Waals surface area contributed by atoms with Gasteiger partial charge in [0.2, 0.25) is 0 Å². The molecule has 0 radical (unpaired) electrons. The Labute approximate surface area is 174 Å². The van der Waals surface area contributed by atoms with Gasteiger partial charge in [0.15, 0.2) is 0 Å². The van der Waals surface area contributed by atoms with E-state index in [1.807, 2.05) is 6.07 Å². The third-order valence-corrected chi connectivity index (χ3v) is 4.45. The number of rotatable bonds is 5. The molecule has 1 amide bonds. The number of aromatic amines is 1. The van der Waals surface area contributed by atoms with Crippen molar-refractivity contribution in [1.29, 1.82) is 5.26 Å². The predicted octanol–water partition coefficient (Wildman–Crippen LogP) is 3.31. The summed E-state index contributed by atoms with van der Waals surface area (Å²) in [5.74, 6) is -0.519. The van der Waals surface area contributed by atoms with Gasteiger partial charge in [0.1, 0.15) is 16.9 Å². The summed E-state index contributed by atoms with van der Waals surface area (Å²) in [7, 11) is 0. The zero-order chi connectivity index (χ0) is 22.2. The van der Waals surface area contributed by atoms with Gasteiger partial charge in [-0.1, -0.05) is 0 Å². The topological polar surface area (TPSA) is 125 Å². The van der Waals surface area contributed by atoms with Gasteiger partial charge < -0.3 is 10.3 Å². The van der Waals surface area contributed by atoms with Crippen LogP contribution < -0.4 is 5.32 Å². The van der Waals surface area contributed by atoms with E-state index in [0.717, 1.165) is 5.39 Å². The average Bonchev–Trinajstić information content (AvgIpc) is 3.40. The number of nitrogens with zero attached hydrogens (tertiary/aromatic N) is 6. The quantitative estimate of drug-likeness (QED) is 0.508. The molecule has 0 unspecified atom stereocenters. The van der Waals surface area contributed by atoms with Gasteiger partial charge in [-0.3, -0.25) is 9.78 Å². The molecule has 0 bridgehead atoms. The second-order valence-corrected chi connectivity index (χ2v) is 7.31. The standard InChI is InChI=1S/C20H16F2N8O/c1-20(2,10-23)29-18(31)16-8-24-7-15(27-16)12-3-11-4-14(28-17(11)25-5-12)13-6-26-30(9-13)19(21)22/h3-9,19H,1-2H3,(H,25,28)(H,29,31). The Balaban J connectivity index is 1.64. The third kappa shape index (κ3) is 4.09. The van der Waals surface area contributed by atoms with E-state index in [1.54, 1.807) is 32.2 Å². The second-order valence-electron chi connectivity index (χ2n) is 7.31. The Morgan fingerprint density at radius 3 is 2.74 bits per heavy atom. The van der Waals surface area contributed by atoms with Crippen molar-refractivity contribution in [2.24, 2.45) is 0 Å². The maximum atomic E-state index is 12.8. The van der Waals surface area contributed by atoms with Gasteiger partial charge in [0, 0.05) is 28.9 Å². The fourth-order valence-corrected chi connectivity index (χ4v) is 2.89. The number of hydrogen-bond donors (Lipinski definition) is 2. The lowest BCUT2D eigenvalue weighted by molar-refractivity contribution is 0.0566. The molecule has 31 heavy (non-hydrogen) atoms. The summed E-state index contributed by atoms with van der Waals surface area (Å²) >= 11 is 0. The number of fused-ring (bicyclic) bond motifs is 1. The van der Waals surface area contributed by atoms with Crippen LogP contribution in [-0.2, 0) is 0 Å². The molecule has 4 aromatic rings. The Kier molecular flexibility index (Phi) is 4.90. The first-order chi connectivity index (χ1) is 14.8. The third-order valence-electron chi connectivity index (χ3n) is 4.45. The largest absolute Gasteiger partial charge is 0.339 e. The number of nitrogens with one attached hydrogen (secondary N) is 2. The van der Waals surface area contributed by atoms with E-state index in [4.69, 9.17) is 5.26 Å². The Morgan fingerprint density at radius 1 is 1.23 bits per heavy atom. The smallest absolute Gasteiger partial charge is 0.333 e. The predicted molar refractivity (Wildman–Crippen MR) is 107 cm³/mol. The molecule has 0 aliphatic carbocycles. The second kappa shape index (κ2) is 7.56. The number of nitriles is 1. The van der Waals surface area contributed by atoms with E-state index in [1.165, 1.54) is 24.8 Å². The highest BCUT2D eigenvalue weighted by molar-refractivity contribution is 5.93. The summed E-state index contributed by atoms with van der Waals surface area (Å²) in [6.45, 7) is 0.438. The monoisotopic (exact) mass is 422 g/mol. The van der Waals surface area contributed by atoms with Crippen LogP contribution in [0.25, 0.3) is 33.5 Å². The summed E-state index contributed by atoms with van der Waals surface area (Å²) < 4.78 is 26.1. The normalized spacial score (nSPS) is 11.6. The maximum Gasteiger partial charge on any atom is 0.333 e. The van der Waals surface area contributed by atoms with Crippen molar-refractivity contribution in [2.45, 2.75) is 25.9 Å². The Bertz CT molecular complexity index is 1320. The maximum absolute atomic E-state index is 12.8. The molecule has 4 aromatic heterocycles. The van der Waals surface area contributed by atoms with Crippen molar-refractivity contribution in [3.8, 4) is 28.6 Å². The SMILES string of the molecule is CC(C)(C#N)NC(=O)c1cncc(-c2cnc3[nH]c(-c4cnn(C(F)F)c4)cc3c2)n1. The molecule has 0 atom stereocenters. The van der Waals surface area contributed by atoms with Gasteiger partial charge in [0.25, 0.3) is 5.91 Å². The van der Waals surface area contributed by atoms with E-state index < -0.39 is 18.0 Å². The molecular formula is C20H16F2N8O. The Hall–Kier alpha value is -4.20. The molecule has 0 saturated heterocycles. The van der Waals surface area contributed by atoms with E-state index in [2.05, 4.69) is 30.4 Å². The number of carbonyl (C=O) groups is 1. The average molecular weight is 422 g/mol. The molecule has 0 spiro atoms. The van der Waals surface area contributed by atoms with Gasteiger partial charge in [0.05, 0.1) is 36.0 Å². The van der Waals surface area contributed by atoms with Gasteiger partial charge in [-0.15, -0.1) is 0 Å². The fourth-order valence-electron chi connectivity index (χ4n) is 2.89. The highest BCUT2D eigenvalue weighted by Gasteiger charge is 2.21. The number of hydrogen-bond acceptors (Lipinski definition) is 6. The first-order valence-corrected chi connectivity index (χ1v) is 9.13. The van der Waals surface area contributed by atoms with Crippen molar-refractivity contribution in [3.63, 3.8) is 0 Å². The molecule has 156 valence electrons. The molecule has 9 nitrogen and oxygen atoms in total. The zero-order valence-electron chi connectivity index (χ0n) is 16.5. The van der Waals surface area contributed by atoms with Crippen molar-refractivity contribution in [1.82, 2.24) is 35.0 Å². The molecule has 4 rings (SSSR count). The lowest BCUT2D eigenvalue weighted by Crippen LogP contribution is -2.42. The molecule has 0 aromatic carbocycles. The summed E-state index contributed by atoms with van der Waals surface area (Å²) in [5.41, 5.74) is 1.70. The number of aromatic nitrogens is 6. The van der Waals surface area contributed by atoms with Crippen LogP contribution in [-0.4, -0.2) is 41.2 Å². The summed E-state index contributed by atoms with van der Waals surface area (Å²) in [6.07, 6.45) is 6.96. The minimum Gasteiger partial charge on any atom is -0.339 e. The molecule has 0 fully saturated rings. The van der Waals surface area contributed by atoms with Crippen LogP contribution in [0.2, 0.25) is 0 Å². The summed E-state index contributed by atoms with van der Waals surface area (Å²) in [4.78, 5) is 28.2. The van der Waals surface area contributed by atoms with Crippen LogP contribution in [0.3, 0.4) is 0 Å². The fraction of sp³-hybridized carbons (Fsp3) is 0.200. The van der Waals surface area contributed by atoms with E-state index in [9.17, 15) is 13.6 Å². The molecule has 0 aliphatic heterocycles. The van der Waals surface area contributed by atoms with Gasteiger partial charge >= 0.3 is 6.55 Å². The van der Waals surface area contributed by atoms with Gasteiger partial charge in [-0.2, -0.15) is 19.1 Å². The van der Waals surface area contributed by atoms with E-state index >= 15 is 0 Å². The van der Waals surface area contributed by atoms with Crippen LogP contribution >= 0.6 is 0 Å². The number of H-pyrrole nitrogens is 1. The molecule has 0 saturated carbocycles. The van der Waals surface area contributed by atoms with Crippen molar-refractivity contribution < 1.29 is 13.6 Å². The van der Waals surface area contributed by atoms with Crippen LogP contribution in [0, 0.1) is 11.3 Å². The minimum absolute atomic E-state index is 0.0649. The lowest BCUT2D eigenvalue weighted by atomic mass is 10.1. The van der Waals surface area contributed by atoms with Crippen molar-refractivity contribution in [2.75, 3.05) is 0 Å². The number of pyridine rings is 1. The molecule has 4 heterocycles. The van der Waals surface area contributed by atoms with E-state index in [0.29, 0.717) is 32.8 Å². The number of amides is 1. The van der Waals surface area contributed by atoms with Gasteiger partial charge in [-0.25, -0.2) is 14.6 Å². The van der Waals surface area contributed by atoms with Crippen LogP contribution in [0.15, 0.2) is 43.1 Å². The molecule has 0 aliphatic rings. The van der Waals surface area contributed by atoms with Crippen molar-refractivity contribution in [3.05, 3.63) is 48.8 Å². The van der Waals surface area contributed by atoms with E-state index in [-0.39, 0.29) is 5.69 Å². The molecule has 2 N–H and O–H groups in total. The first-order valence-electron chi connectivity index (χ1n) is 9.13. The van der Waals surface area contributed by atoms with Gasteiger partial charge in [-0.05, 0) is 26.0 Å². The van der Waals surface area contributed by atoms with Crippen LogP contribution in [0.4, 0.5) is 8.78 Å². The number of halogens is 2. The first kappa shape index (κ1) is 20.1. The Morgan fingerprint density at radius 2 is 2.03 bits per heavy atom. The minimum atomic E-state index is -2.72. The number of alkyl halides is 2.